The minimum absolute atomic E-state index is 0.00656. The molecule has 1 N–H and O–H groups in total. The van der Waals surface area contributed by atoms with Gasteiger partial charge in [-0.2, -0.15) is 0 Å². The topological polar surface area (TPSA) is 60.5 Å². The fourth-order valence-corrected chi connectivity index (χ4v) is 2.03. The van der Waals surface area contributed by atoms with Gasteiger partial charge < -0.3 is 4.74 Å². The van der Waals surface area contributed by atoms with Gasteiger partial charge in [-0.1, -0.05) is 20.8 Å². The molecule has 0 bridgehead atoms. The third-order valence-electron chi connectivity index (χ3n) is 2.40. The third-order valence-corrected chi connectivity index (χ3v) is 3.45. The van der Waals surface area contributed by atoms with Crippen LogP contribution < -0.4 is 5.48 Å². The van der Waals surface area contributed by atoms with Crippen molar-refractivity contribution in [2.24, 2.45) is 5.41 Å². The summed E-state index contributed by atoms with van der Waals surface area (Å²) in [6.45, 7) is 10.3. The van der Waals surface area contributed by atoms with Crippen molar-refractivity contribution in [2.75, 3.05) is 6.61 Å². The van der Waals surface area contributed by atoms with E-state index in [1.807, 2.05) is 40.0 Å². The summed E-state index contributed by atoms with van der Waals surface area (Å²) in [7, 11) is 0. The molecule has 0 aliphatic rings. The molecule has 0 aliphatic heterocycles. The first-order valence-corrected chi connectivity index (χ1v) is 7.20. The Morgan fingerprint density at radius 1 is 1.53 bits per heavy atom. The lowest BCUT2D eigenvalue weighted by atomic mass is 9.96. The number of amides is 1. The van der Waals surface area contributed by atoms with Crippen molar-refractivity contribution < 1.29 is 14.4 Å². The SMILES string of the molecule is CCO[C@H](C)c1nc(CONC(=O)C(C)(C)C)cs1. The molecule has 6 heteroatoms. The molecular formula is C13H22N2O3S. The zero-order valence-corrected chi connectivity index (χ0v) is 13.0. The van der Waals surface area contributed by atoms with Gasteiger partial charge in [0.1, 0.15) is 17.7 Å². The van der Waals surface area contributed by atoms with E-state index >= 15 is 0 Å². The van der Waals surface area contributed by atoms with Crippen LogP contribution in [0.1, 0.15) is 51.4 Å². The van der Waals surface area contributed by atoms with Crippen molar-refractivity contribution in [2.45, 2.75) is 47.3 Å². The van der Waals surface area contributed by atoms with Gasteiger partial charge in [0.25, 0.3) is 0 Å². The summed E-state index contributed by atoms with van der Waals surface area (Å²) in [4.78, 5) is 21.1. The first-order chi connectivity index (χ1) is 8.84. The minimum atomic E-state index is -0.462. The van der Waals surface area contributed by atoms with Crippen LogP contribution in [0.2, 0.25) is 0 Å². The predicted molar refractivity (Wildman–Crippen MR) is 74.5 cm³/mol. The molecule has 1 heterocycles. The first-order valence-electron chi connectivity index (χ1n) is 6.32. The number of carbonyl (C=O) groups excluding carboxylic acids is 1. The molecule has 0 fully saturated rings. The van der Waals surface area contributed by atoms with E-state index in [4.69, 9.17) is 9.57 Å². The van der Waals surface area contributed by atoms with E-state index in [0.29, 0.717) is 6.61 Å². The molecule has 0 aromatic carbocycles. The van der Waals surface area contributed by atoms with Gasteiger partial charge in [-0.05, 0) is 13.8 Å². The van der Waals surface area contributed by atoms with Gasteiger partial charge in [-0.25, -0.2) is 10.5 Å². The number of hydrogen-bond acceptors (Lipinski definition) is 5. The molecule has 1 aromatic heterocycles. The lowest BCUT2D eigenvalue weighted by Gasteiger charge is -2.16. The molecule has 108 valence electrons. The lowest BCUT2D eigenvalue weighted by molar-refractivity contribution is -0.142. The monoisotopic (exact) mass is 286 g/mol. The molecule has 1 rings (SSSR count). The van der Waals surface area contributed by atoms with Gasteiger partial charge in [-0.3, -0.25) is 9.63 Å². The van der Waals surface area contributed by atoms with Crippen molar-refractivity contribution in [3.05, 3.63) is 16.1 Å². The molecule has 1 amide bonds. The number of nitrogens with zero attached hydrogens (tertiary/aromatic N) is 1. The Bertz CT molecular complexity index is 412. The highest BCUT2D eigenvalue weighted by Crippen LogP contribution is 2.21. The average Bonchev–Trinajstić information content (AvgIpc) is 2.76. The number of aromatic nitrogens is 1. The van der Waals surface area contributed by atoms with Gasteiger partial charge in [0.15, 0.2) is 0 Å². The summed E-state index contributed by atoms with van der Waals surface area (Å²) in [5.41, 5.74) is 2.76. The van der Waals surface area contributed by atoms with Crippen LogP contribution in [0, 0.1) is 5.41 Å². The molecule has 0 radical (unpaired) electrons. The van der Waals surface area contributed by atoms with E-state index in [2.05, 4.69) is 10.5 Å². The quantitative estimate of drug-likeness (QED) is 0.817. The maximum Gasteiger partial charge on any atom is 0.248 e. The summed E-state index contributed by atoms with van der Waals surface area (Å²) in [5.74, 6) is -0.148. The Balaban J connectivity index is 2.41. The van der Waals surface area contributed by atoms with Crippen LogP contribution in [0.15, 0.2) is 5.38 Å². The zero-order valence-electron chi connectivity index (χ0n) is 12.1. The number of ether oxygens (including phenoxy) is 1. The van der Waals surface area contributed by atoms with Crippen LogP contribution in [0.3, 0.4) is 0 Å². The van der Waals surface area contributed by atoms with Crippen molar-refractivity contribution in [3.63, 3.8) is 0 Å². The molecule has 0 unspecified atom stereocenters. The number of rotatable bonds is 6. The number of nitrogens with one attached hydrogen (secondary N) is 1. The predicted octanol–water partition coefficient (Wildman–Crippen LogP) is 2.83. The largest absolute Gasteiger partial charge is 0.372 e. The summed E-state index contributed by atoms with van der Waals surface area (Å²) in [6, 6.07) is 0. The van der Waals surface area contributed by atoms with E-state index in [9.17, 15) is 4.79 Å². The molecular weight excluding hydrogens is 264 g/mol. The Morgan fingerprint density at radius 2 is 2.21 bits per heavy atom. The molecule has 1 atom stereocenters. The number of hydroxylamine groups is 1. The maximum atomic E-state index is 11.6. The first kappa shape index (κ1) is 16.1. The summed E-state index contributed by atoms with van der Waals surface area (Å²) in [5, 5.41) is 2.83. The number of carbonyl (C=O) groups is 1. The van der Waals surface area contributed by atoms with Crippen molar-refractivity contribution >= 4 is 17.2 Å². The number of hydrogen-bond donors (Lipinski definition) is 1. The fourth-order valence-electron chi connectivity index (χ4n) is 1.23. The highest BCUT2D eigenvalue weighted by molar-refractivity contribution is 7.09. The van der Waals surface area contributed by atoms with E-state index in [1.54, 1.807) is 0 Å². The van der Waals surface area contributed by atoms with Crippen molar-refractivity contribution in [1.82, 2.24) is 10.5 Å². The summed E-state index contributed by atoms with van der Waals surface area (Å²) >= 11 is 1.53. The molecule has 0 spiro atoms. The Morgan fingerprint density at radius 3 is 2.79 bits per heavy atom. The van der Waals surface area contributed by atoms with E-state index in [0.717, 1.165) is 10.7 Å². The van der Waals surface area contributed by atoms with Gasteiger partial charge >= 0.3 is 0 Å². The van der Waals surface area contributed by atoms with Gasteiger partial charge in [0, 0.05) is 17.4 Å². The van der Waals surface area contributed by atoms with Gasteiger partial charge in [0.2, 0.25) is 5.91 Å². The zero-order chi connectivity index (χ0) is 14.5. The van der Waals surface area contributed by atoms with Crippen LogP contribution in [0.4, 0.5) is 0 Å². The van der Waals surface area contributed by atoms with Gasteiger partial charge in [0.05, 0.1) is 5.69 Å². The van der Waals surface area contributed by atoms with E-state index in [1.165, 1.54) is 11.3 Å². The molecule has 0 saturated heterocycles. The number of thiazole rings is 1. The molecule has 5 nitrogen and oxygen atoms in total. The van der Waals surface area contributed by atoms with Crippen LogP contribution in [-0.4, -0.2) is 17.5 Å². The minimum Gasteiger partial charge on any atom is -0.372 e. The highest BCUT2D eigenvalue weighted by atomic mass is 32.1. The smallest absolute Gasteiger partial charge is 0.248 e. The van der Waals surface area contributed by atoms with Crippen LogP contribution in [0.5, 0.6) is 0 Å². The molecule has 0 saturated carbocycles. The molecule has 0 aliphatic carbocycles. The van der Waals surface area contributed by atoms with E-state index < -0.39 is 5.41 Å². The lowest BCUT2D eigenvalue weighted by Crippen LogP contribution is -2.34. The Hall–Kier alpha value is -0.980. The average molecular weight is 286 g/mol. The maximum absolute atomic E-state index is 11.6. The second kappa shape index (κ2) is 6.98. The Labute approximate surface area is 118 Å². The van der Waals surface area contributed by atoms with Crippen molar-refractivity contribution in [3.8, 4) is 0 Å². The second-order valence-corrected chi connectivity index (χ2v) is 6.13. The van der Waals surface area contributed by atoms with Crippen LogP contribution >= 0.6 is 11.3 Å². The van der Waals surface area contributed by atoms with Crippen LogP contribution in [0.25, 0.3) is 0 Å². The molecule has 1 aromatic rings. The highest BCUT2D eigenvalue weighted by Gasteiger charge is 2.21. The normalized spacial score (nSPS) is 13.3. The second-order valence-electron chi connectivity index (χ2n) is 5.24. The van der Waals surface area contributed by atoms with E-state index in [-0.39, 0.29) is 18.6 Å². The summed E-state index contributed by atoms with van der Waals surface area (Å²) in [6.07, 6.45) is -0.00656. The summed E-state index contributed by atoms with van der Waals surface area (Å²) < 4.78 is 5.47. The molecule has 19 heavy (non-hydrogen) atoms. The van der Waals surface area contributed by atoms with Crippen molar-refractivity contribution in [1.29, 1.82) is 0 Å². The van der Waals surface area contributed by atoms with Crippen LogP contribution in [-0.2, 0) is 21.0 Å². The third kappa shape index (κ3) is 5.26. The van der Waals surface area contributed by atoms with Gasteiger partial charge in [-0.15, -0.1) is 11.3 Å². The standard InChI is InChI=1S/C13H22N2O3S/c1-6-17-9(2)11-14-10(8-19-11)7-18-15-12(16)13(3,4)5/h8-9H,6-7H2,1-5H3,(H,15,16)/t9-/m1/s1. The Kier molecular flexibility index (Phi) is 5.90. The fraction of sp³-hybridized carbons (Fsp3) is 0.692.